The maximum absolute atomic E-state index is 11.3. The third-order valence-corrected chi connectivity index (χ3v) is 4.58. The molecule has 0 saturated heterocycles. The molecule has 1 aromatic carbocycles. The van der Waals surface area contributed by atoms with Gasteiger partial charge < -0.3 is 5.11 Å². The smallest absolute Gasteiger partial charge is 0.343 e. The van der Waals surface area contributed by atoms with Crippen molar-refractivity contribution < 1.29 is 18.3 Å². The van der Waals surface area contributed by atoms with Crippen LogP contribution in [-0.2, 0) is 17.1 Å². The van der Waals surface area contributed by atoms with E-state index in [0.717, 1.165) is 17.8 Å². The molecular formula is C10H10N4O5S2. The minimum absolute atomic E-state index is 0.233. The van der Waals surface area contributed by atoms with Crippen LogP contribution in [0, 0.1) is 0 Å². The lowest BCUT2D eigenvalue weighted by Crippen LogP contribution is -2.14. The molecule has 0 fully saturated rings. The molecule has 2 aromatic rings. The molecule has 1 heterocycles. The number of hydrogen-bond donors (Lipinski definition) is 3. The first-order chi connectivity index (χ1) is 9.70. The van der Waals surface area contributed by atoms with Crippen LogP contribution in [0.5, 0.6) is 0 Å². The fraction of sp³-hybridized carbons (Fsp3) is 0.100. The summed E-state index contributed by atoms with van der Waals surface area (Å²) in [5.41, 5.74) is -0.697. The molecule has 0 spiro atoms. The van der Waals surface area contributed by atoms with Crippen LogP contribution >= 0.6 is 11.8 Å². The Kier molecular flexibility index (Phi) is 3.89. The number of nitrogens with zero attached hydrogens (tertiary/aromatic N) is 2. The van der Waals surface area contributed by atoms with Gasteiger partial charge in [-0.25, -0.2) is 28.2 Å². The van der Waals surface area contributed by atoms with Gasteiger partial charge in [-0.1, -0.05) is 0 Å². The Balaban J connectivity index is 2.52. The summed E-state index contributed by atoms with van der Waals surface area (Å²) in [5, 5.41) is 20.3. The minimum atomic E-state index is -4.00. The van der Waals surface area contributed by atoms with Crippen LogP contribution < -0.4 is 10.8 Å². The first kappa shape index (κ1) is 15.3. The van der Waals surface area contributed by atoms with Gasteiger partial charge in [-0.3, -0.25) is 4.57 Å². The number of hydrogen-bond acceptors (Lipinski definition) is 6. The Labute approximate surface area is 122 Å². The van der Waals surface area contributed by atoms with E-state index < -0.39 is 21.7 Å². The molecule has 0 aliphatic carbocycles. The minimum Gasteiger partial charge on any atom is -0.478 e. The quantitative estimate of drug-likeness (QED) is 0.691. The number of benzene rings is 1. The van der Waals surface area contributed by atoms with Crippen molar-refractivity contribution in [3.05, 3.63) is 34.2 Å². The number of carbonyl (C=O) groups is 1. The maximum Gasteiger partial charge on any atom is 0.343 e. The lowest BCUT2D eigenvalue weighted by molar-refractivity contribution is 0.0693. The highest BCUT2D eigenvalue weighted by molar-refractivity contribution is 7.99. The second kappa shape index (κ2) is 5.35. The summed E-state index contributed by atoms with van der Waals surface area (Å²) in [7, 11) is -2.54. The topological polar surface area (TPSA) is 148 Å². The molecule has 0 saturated carbocycles. The number of nitrogens with one attached hydrogen (secondary N) is 1. The van der Waals surface area contributed by atoms with Crippen LogP contribution in [0.25, 0.3) is 0 Å². The van der Waals surface area contributed by atoms with E-state index in [0.29, 0.717) is 0 Å². The predicted octanol–water partition coefficient (Wildman–Crippen LogP) is -0.395. The molecule has 0 aliphatic rings. The van der Waals surface area contributed by atoms with Gasteiger partial charge in [0.25, 0.3) is 0 Å². The monoisotopic (exact) mass is 330 g/mol. The molecular weight excluding hydrogens is 320 g/mol. The zero-order chi connectivity index (χ0) is 15.8. The number of aromatic amines is 1. The highest BCUT2D eigenvalue weighted by Crippen LogP contribution is 2.29. The lowest BCUT2D eigenvalue weighted by Gasteiger charge is -2.06. The van der Waals surface area contributed by atoms with Crippen LogP contribution in [0.15, 0.2) is 37.9 Å². The van der Waals surface area contributed by atoms with E-state index in [-0.39, 0.29) is 20.5 Å². The normalized spacial score (nSPS) is 11.5. The number of carboxylic acids is 1. The van der Waals surface area contributed by atoms with Crippen LogP contribution in [-0.4, -0.2) is 34.3 Å². The Morgan fingerprint density at radius 2 is 2.14 bits per heavy atom. The van der Waals surface area contributed by atoms with Crippen molar-refractivity contribution in [3.8, 4) is 0 Å². The van der Waals surface area contributed by atoms with E-state index in [1.54, 1.807) is 0 Å². The van der Waals surface area contributed by atoms with Crippen molar-refractivity contribution in [2.75, 3.05) is 0 Å². The largest absolute Gasteiger partial charge is 0.478 e. The molecule has 11 heteroatoms. The number of H-pyrrole nitrogens is 1. The summed E-state index contributed by atoms with van der Waals surface area (Å²) in [5.74, 6) is -1.32. The Hall–Kier alpha value is -2.11. The predicted molar refractivity (Wildman–Crippen MR) is 72.7 cm³/mol. The molecule has 0 unspecified atom stereocenters. The molecule has 4 N–H and O–H groups in total. The Morgan fingerprint density at radius 3 is 2.62 bits per heavy atom. The number of carboxylic acid groups (broad SMARTS) is 1. The molecule has 0 aliphatic heterocycles. The van der Waals surface area contributed by atoms with Gasteiger partial charge >= 0.3 is 11.7 Å². The fourth-order valence-electron chi connectivity index (χ4n) is 1.46. The van der Waals surface area contributed by atoms with Gasteiger partial charge in [-0.15, -0.1) is 5.10 Å². The van der Waals surface area contributed by atoms with Gasteiger partial charge in [0.05, 0.1) is 10.5 Å². The van der Waals surface area contributed by atoms with Gasteiger partial charge in [-0.05, 0) is 30.0 Å². The van der Waals surface area contributed by atoms with E-state index in [2.05, 4.69) is 10.2 Å². The van der Waals surface area contributed by atoms with Crippen LogP contribution in [0.2, 0.25) is 0 Å². The van der Waals surface area contributed by atoms with Gasteiger partial charge in [0.15, 0.2) is 5.16 Å². The first-order valence-electron chi connectivity index (χ1n) is 5.39. The Bertz CT molecular complexity index is 868. The van der Waals surface area contributed by atoms with Gasteiger partial charge in [-0.2, -0.15) is 0 Å². The number of aromatic nitrogens is 3. The van der Waals surface area contributed by atoms with Gasteiger partial charge in [0.1, 0.15) is 0 Å². The summed E-state index contributed by atoms with van der Waals surface area (Å²) < 4.78 is 23.7. The SMILES string of the molecule is Cn1c(Sc2ccc(S(N)(=O)=O)cc2C(=O)O)n[nH]c1=O. The standard InChI is InChI=1S/C10H10N4O5S2/c1-14-9(17)12-13-10(14)20-7-3-2-5(21(11,18)19)4-6(7)8(15)16/h2-4H,1H3,(H,12,17)(H,15,16)(H2,11,18,19). The van der Waals surface area contributed by atoms with Crippen LogP contribution in [0.4, 0.5) is 0 Å². The van der Waals surface area contributed by atoms with Crippen LogP contribution in [0.3, 0.4) is 0 Å². The van der Waals surface area contributed by atoms with Gasteiger partial charge in [0.2, 0.25) is 10.0 Å². The third-order valence-electron chi connectivity index (χ3n) is 2.55. The van der Waals surface area contributed by atoms with Crippen LogP contribution in [0.1, 0.15) is 10.4 Å². The number of sulfonamides is 1. The molecule has 0 radical (unpaired) electrons. The summed E-state index contributed by atoms with van der Waals surface area (Å²) in [6.07, 6.45) is 0. The van der Waals surface area contributed by atoms with Crippen molar-refractivity contribution >= 4 is 27.8 Å². The van der Waals surface area contributed by atoms with E-state index in [1.165, 1.54) is 23.7 Å². The van der Waals surface area contributed by atoms with Crippen molar-refractivity contribution in [2.24, 2.45) is 12.2 Å². The molecule has 112 valence electrons. The average molecular weight is 330 g/mol. The summed E-state index contributed by atoms with van der Waals surface area (Å²) in [4.78, 5) is 22.4. The molecule has 9 nitrogen and oxygen atoms in total. The van der Waals surface area contributed by atoms with E-state index in [4.69, 9.17) is 10.2 Å². The fourth-order valence-corrected chi connectivity index (χ4v) is 2.90. The second-order valence-corrected chi connectivity index (χ2v) is 6.55. The molecule has 21 heavy (non-hydrogen) atoms. The molecule has 0 bridgehead atoms. The van der Waals surface area contributed by atoms with E-state index >= 15 is 0 Å². The highest BCUT2D eigenvalue weighted by Gasteiger charge is 2.18. The average Bonchev–Trinajstić information content (AvgIpc) is 2.69. The molecule has 0 atom stereocenters. The van der Waals surface area contributed by atoms with Crippen molar-refractivity contribution in [1.29, 1.82) is 0 Å². The zero-order valence-corrected chi connectivity index (χ0v) is 12.2. The number of rotatable bonds is 4. The first-order valence-corrected chi connectivity index (χ1v) is 7.76. The third kappa shape index (κ3) is 3.15. The molecule has 0 amide bonds. The highest BCUT2D eigenvalue weighted by atomic mass is 32.2. The number of primary sulfonamides is 1. The summed E-state index contributed by atoms with van der Waals surface area (Å²) in [6, 6.07) is 3.45. The van der Waals surface area contributed by atoms with Gasteiger partial charge in [0, 0.05) is 11.9 Å². The number of nitrogens with two attached hydrogens (primary N) is 1. The molecule has 1 aromatic heterocycles. The van der Waals surface area contributed by atoms with Crippen molar-refractivity contribution in [3.63, 3.8) is 0 Å². The summed E-state index contributed by atoms with van der Waals surface area (Å²) in [6.45, 7) is 0. The van der Waals surface area contributed by atoms with Crippen molar-refractivity contribution in [1.82, 2.24) is 14.8 Å². The maximum atomic E-state index is 11.3. The molecule has 2 rings (SSSR count). The summed E-state index contributed by atoms with van der Waals surface area (Å²) >= 11 is 0.913. The van der Waals surface area contributed by atoms with Crippen molar-refractivity contribution in [2.45, 2.75) is 14.9 Å². The van der Waals surface area contributed by atoms with E-state index in [9.17, 15) is 18.0 Å². The number of aromatic carboxylic acids is 1. The Morgan fingerprint density at radius 1 is 1.48 bits per heavy atom. The second-order valence-electron chi connectivity index (χ2n) is 3.98. The lowest BCUT2D eigenvalue weighted by atomic mass is 10.2. The zero-order valence-electron chi connectivity index (χ0n) is 10.6. The van der Waals surface area contributed by atoms with E-state index in [1.807, 2.05) is 0 Å².